The third-order valence-electron chi connectivity index (χ3n) is 3.99. The molecule has 0 bridgehead atoms. The highest BCUT2D eigenvalue weighted by Gasteiger charge is 2.18. The van der Waals surface area contributed by atoms with E-state index in [-0.39, 0.29) is 12.4 Å². The maximum Gasteiger partial charge on any atom is 0.280 e. The van der Waals surface area contributed by atoms with E-state index in [9.17, 15) is 14.0 Å². The van der Waals surface area contributed by atoms with Crippen molar-refractivity contribution in [2.45, 2.75) is 20.8 Å². The van der Waals surface area contributed by atoms with Crippen molar-refractivity contribution in [2.24, 2.45) is 0 Å². The fraction of sp³-hybridized carbons (Fsp3) is 0.200. The Morgan fingerprint density at radius 2 is 1.78 bits per heavy atom. The molecule has 0 spiro atoms. The molecule has 1 aromatic heterocycles. The summed E-state index contributed by atoms with van der Waals surface area (Å²) in [5, 5.41) is 0.428. The number of carbonyl (C=O) groups excluding carboxylic acids is 2. The number of amides is 2. The molecule has 0 aliphatic rings. The Balaban J connectivity index is 1.60. The van der Waals surface area contributed by atoms with Gasteiger partial charge >= 0.3 is 0 Å². The molecule has 0 atom stereocenters. The number of thiophene rings is 1. The van der Waals surface area contributed by atoms with Crippen LogP contribution < -0.4 is 15.6 Å². The average molecular weight is 386 g/mol. The van der Waals surface area contributed by atoms with Gasteiger partial charge in [0.15, 0.2) is 6.61 Å². The summed E-state index contributed by atoms with van der Waals surface area (Å²) in [5.74, 6) is -0.767. The molecule has 27 heavy (non-hydrogen) atoms. The first-order valence-corrected chi connectivity index (χ1v) is 9.14. The first-order chi connectivity index (χ1) is 12.8. The molecule has 0 unspecified atom stereocenters. The first kappa shape index (κ1) is 18.8. The van der Waals surface area contributed by atoms with Crippen LogP contribution in [0.5, 0.6) is 5.75 Å². The lowest BCUT2D eigenvalue weighted by Crippen LogP contribution is -2.43. The summed E-state index contributed by atoms with van der Waals surface area (Å²) in [6, 6.07) is 10.4. The van der Waals surface area contributed by atoms with Crippen LogP contribution in [0.2, 0.25) is 0 Å². The van der Waals surface area contributed by atoms with Crippen molar-refractivity contribution >= 4 is 33.2 Å². The Hall–Kier alpha value is -2.93. The number of aryl methyl sites for hydroxylation is 3. The molecule has 2 aromatic carbocycles. The lowest BCUT2D eigenvalue weighted by atomic mass is 10.1. The third-order valence-corrected chi connectivity index (χ3v) is 5.25. The summed E-state index contributed by atoms with van der Waals surface area (Å²) >= 11 is 1.18. The number of halogens is 1. The zero-order valence-corrected chi connectivity index (χ0v) is 16.0. The molecule has 0 saturated carbocycles. The first-order valence-electron chi connectivity index (χ1n) is 8.33. The van der Waals surface area contributed by atoms with Gasteiger partial charge in [-0.2, -0.15) is 0 Å². The number of rotatable bonds is 4. The maximum absolute atomic E-state index is 13.9. The fourth-order valence-corrected chi connectivity index (χ4v) is 3.97. The van der Waals surface area contributed by atoms with E-state index in [1.807, 2.05) is 32.0 Å². The number of fused-ring (bicyclic) bond motifs is 1. The molecule has 2 N–H and O–H groups in total. The molecular weight excluding hydrogens is 367 g/mol. The van der Waals surface area contributed by atoms with E-state index in [0.717, 1.165) is 11.1 Å². The molecule has 3 aromatic rings. The highest BCUT2D eigenvalue weighted by molar-refractivity contribution is 7.21. The lowest BCUT2D eigenvalue weighted by Gasteiger charge is -2.09. The van der Waals surface area contributed by atoms with E-state index in [4.69, 9.17) is 4.74 Å². The molecule has 0 aliphatic heterocycles. The molecule has 5 nitrogen and oxygen atoms in total. The fourth-order valence-electron chi connectivity index (χ4n) is 2.85. The Morgan fingerprint density at radius 1 is 1.07 bits per heavy atom. The van der Waals surface area contributed by atoms with E-state index in [0.29, 0.717) is 26.3 Å². The van der Waals surface area contributed by atoms with Gasteiger partial charge in [0.2, 0.25) is 0 Å². The van der Waals surface area contributed by atoms with E-state index in [2.05, 4.69) is 10.9 Å². The predicted molar refractivity (Wildman–Crippen MR) is 104 cm³/mol. The van der Waals surface area contributed by atoms with E-state index in [1.165, 1.54) is 17.4 Å². The van der Waals surface area contributed by atoms with Crippen molar-refractivity contribution in [3.63, 3.8) is 0 Å². The summed E-state index contributed by atoms with van der Waals surface area (Å²) in [6.07, 6.45) is 0. The second-order valence-corrected chi connectivity index (χ2v) is 7.34. The third kappa shape index (κ3) is 4.25. The normalized spacial score (nSPS) is 10.7. The number of benzene rings is 2. The van der Waals surface area contributed by atoms with Crippen LogP contribution in [0.25, 0.3) is 10.1 Å². The molecule has 2 amide bonds. The van der Waals surface area contributed by atoms with Crippen LogP contribution in [0.1, 0.15) is 26.4 Å². The van der Waals surface area contributed by atoms with Crippen molar-refractivity contribution in [1.29, 1.82) is 0 Å². The van der Waals surface area contributed by atoms with Crippen LogP contribution in [0.3, 0.4) is 0 Å². The Bertz CT molecular complexity index is 1010. The molecule has 0 aliphatic carbocycles. The van der Waals surface area contributed by atoms with Crippen LogP contribution in [0.4, 0.5) is 4.39 Å². The second-order valence-electron chi connectivity index (χ2n) is 6.28. The van der Waals surface area contributed by atoms with Crippen LogP contribution in [-0.4, -0.2) is 18.4 Å². The minimum absolute atomic E-state index is 0.233. The zero-order chi connectivity index (χ0) is 19.6. The topological polar surface area (TPSA) is 67.4 Å². The van der Waals surface area contributed by atoms with Crippen LogP contribution >= 0.6 is 11.3 Å². The average Bonchev–Trinajstić information content (AvgIpc) is 2.95. The van der Waals surface area contributed by atoms with Gasteiger partial charge in [-0.25, -0.2) is 4.39 Å². The van der Waals surface area contributed by atoms with E-state index < -0.39 is 11.8 Å². The highest BCUT2D eigenvalue weighted by atomic mass is 32.1. The Labute approximate surface area is 160 Å². The van der Waals surface area contributed by atoms with Gasteiger partial charge in [-0.05, 0) is 61.7 Å². The van der Waals surface area contributed by atoms with E-state index in [1.54, 1.807) is 19.1 Å². The number of nitrogens with one attached hydrogen (secondary N) is 2. The number of ether oxygens (including phenoxy) is 1. The maximum atomic E-state index is 13.9. The minimum atomic E-state index is -0.493. The van der Waals surface area contributed by atoms with Crippen molar-refractivity contribution in [2.75, 3.05) is 6.61 Å². The number of hydrogen-bond donors (Lipinski definition) is 2. The highest BCUT2D eigenvalue weighted by Crippen LogP contribution is 2.32. The van der Waals surface area contributed by atoms with Crippen molar-refractivity contribution in [3.8, 4) is 5.75 Å². The number of carbonyl (C=O) groups is 2. The van der Waals surface area contributed by atoms with Gasteiger partial charge in [-0.15, -0.1) is 11.3 Å². The van der Waals surface area contributed by atoms with E-state index >= 15 is 0 Å². The van der Waals surface area contributed by atoms with Gasteiger partial charge in [0.25, 0.3) is 11.8 Å². The summed E-state index contributed by atoms with van der Waals surface area (Å²) < 4.78 is 20.1. The smallest absolute Gasteiger partial charge is 0.280 e. The summed E-state index contributed by atoms with van der Waals surface area (Å²) in [7, 11) is 0. The largest absolute Gasteiger partial charge is 0.484 e. The minimum Gasteiger partial charge on any atom is -0.484 e. The monoisotopic (exact) mass is 386 g/mol. The van der Waals surface area contributed by atoms with Crippen LogP contribution in [0.15, 0.2) is 36.4 Å². The molecule has 1 heterocycles. The molecule has 0 saturated heterocycles. The van der Waals surface area contributed by atoms with Gasteiger partial charge in [0, 0.05) is 10.1 Å². The van der Waals surface area contributed by atoms with Crippen LogP contribution in [0, 0.1) is 26.6 Å². The van der Waals surface area contributed by atoms with Gasteiger partial charge in [0.1, 0.15) is 11.6 Å². The van der Waals surface area contributed by atoms with Gasteiger partial charge in [0.05, 0.1) is 4.88 Å². The summed E-state index contributed by atoms with van der Waals surface area (Å²) in [6.45, 7) is 5.33. The Kier molecular flexibility index (Phi) is 5.41. The lowest BCUT2D eigenvalue weighted by molar-refractivity contribution is -0.123. The van der Waals surface area contributed by atoms with Crippen molar-refractivity contribution in [1.82, 2.24) is 10.9 Å². The van der Waals surface area contributed by atoms with Gasteiger partial charge in [-0.1, -0.05) is 12.1 Å². The standard InChI is InChI=1S/C20H19FN2O3S/c1-11-7-12(2)9-14(8-11)26-10-17(24)22-23-20(25)19-13(3)18-15(21)5-4-6-16(18)27-19/h4-9H,10H2,1-3H3,(H,22,24)(H,23,25). The SMILES string of the molecule is Cc1cc(C)cc(OCC(=O)NNC(=O)c2sc3cccc(F)c3c2C)c1. The Morgan fingerprint density at radius 3 is 2.44 bits per heavy atom. The number of hydrazine groups is 1. The summed E-state index contributed by atoms with van der Waals surface area (Å²) in [5.41, 5.74) is 7.28. The van der Waals surface area contributed by atoms with Gasteiger partial charge < -0.3 is 4.74 Å². The second kappa shape index (κ2) is 7.75. The molecule has 3 rings (SSSR count). The van der Waals surface area contributed by atoms with Crippen molar-refractivity contribution < 1.29 is 18.7 Å². The molecular formula is C20H19FN2O3S. The zero-order valence-electron chi connectivity index (χ0n) is 15.2. The quantitative estimate of drug-likeness (QED) is 0.670. The molecule has 7 heteroatoms. The van der Waals surface area contributed by atoms with Gasteiger partial charge in [-0.3, -0.25) is 20.4 Å². The molecule has 0 fully saturated rings. The van der Waals surface area contributed by atoms with Crippen LogP contribution in [-0.2, 0) is 4.79 Å². The predicted octanol–water partition coefficient (Wildman–Crippen LogP) is 3.81. The van der Waals surface area contributed by atoms with Crippen molar-refractivity contribution in [3.05, 3.63) is 63.8 Å². The molecule has 140 valence electrons. The molecule has 0 radical (unpaired) electrons. The number of hydrogen-bond acceptors (Lipinski definition) is 4. The summed E-state index contributed by atoms with van der Waals surface area (Å²) in [4.78, 5) is 24.6.